The van der Waals surface area contributed by atoms with Gasteiger partial charge in [0.2, 0.25) is 11.8 Å². The topological polar surface area (TPSA) is 68.1 Å². The minimum Gasteiger partial charge on any atom is -0.353 e. The van der Waals surface area contributed by atoms with Gasteiger partial charge in [0.1, 0.15) is 6.54 Å². The summed E-state index contributed by atoms with van der Waals surface area (Å²) in [6.07, 6.45) is 3.85. The van der Waals surface area contributed by atoms with Crippen molar-refractivity contribution in [2.45, 2.75) is 20.0 Å². The number of fused-ring (bicyclic) bond motifs is 2. The SMILES string of the molecule is CC(=O)Nc1cccc2c1ccn2CC(=O)NCCn1ccc2ccc(Cl)cc21. The zero-order valence-corrected chi connectivity index (χ0v) is 16.7. The number of nitrogens with zero attached hydrogens (tertiary/aromatic N) is 2. The molecule has 0 aliphatic heterocycles. The van der Waals surface area contributed by atoms with Gasteiger partial charge < -0.3 is 19.8 Å². The lowest BCUT2D eigenvalue weighted by Gasteiger charge is -2.10. The normalized spacial score (nSPS) is 11.1. The Balaban J connectivity index is 1.40. The first kappa shape index (κ1) is 19.1. The monoisotopic (exact) mass is 408 g/mol. The lowest BCUT2D eigenvalue weighted by molar-refractivity contribution is -0.121. The molecule has 7 heteroatoms. The molecule has 2 heterocycles. The number of carbonyl (C=O) groups excluding carboxylic acids is 2. The van der Waals surface area contributed by atoms with E-state index in [2.05, 4.69) is 15.2 Å². The summed E-state index contributed by atoms with van der Waals surface area (Å²) in [5.41, 5.74) is 2.69. The van der Waals surface area contributed by atoms with Crippen molar-refractivity contribution in [3.8, 4) is 0 Å². The molecule has 6 nitrogen and oxygen atoms in total. The molecule has 4 aromatic rings. The zero-order valence-electron chi connectivity index (χ0n) is 16.0. The first-order valence-corrected chi connectivity index (χ1v) is 9.75. The van der Waals surface area contributed by atoms with Gasteiger partial charge >= 0.3 is 0 Å². The van der Waals surface area contributed by atoms with Crippen molar-refractivity contribution >= 4 is 50.9 Å². The summed E-state index contributed by atoms with van der Waals surface area (Å²) in [7, 11) is 0. The Morgan fingerprint density at radius 3 is 2.66 bits per heavy atom. The number of aromatic nitrogens is 2. The van der Waals surface area contributed by atoms with Crippen LogP contribution in [0.5, 0.6) is 0 Å². The Kier molecular flexibility index (Phi) is 5.27. The minimum atomic E-state index is -0.123. The van der Waals surface area contributed by atoms with Gasteiger partial charge in [0, 0.05) is 48.3 Å². The Morgan fingerprint density at radius 2 is 1.83 bits per heavy atom. The van der Waals surface area contributed by atoms with Crippen LogP contribution in [0.3, 0.4) is 0 Å². The molecule has 148 valence electrons. The highest BCUT2D eigenvalue weighted by atomic mass is 35.5. The van der Waals surface area contributed by atoms with E-state index < -0.39 is 0 Å². The maximum absolute atomic E-state index is 12.4. The molecule has 0 saturated carbocycles. The second kappa shape index (κ2) is 8.01. The van der Waals surface area contributed by atoms with E-state index in [9.17, 15) is 9.59 Å². The summed E-state index contributed by atoms with van der Waals surface area (Å²) in [5.74, 6) is -0.191. The van der Waals surface area contributed by atoms with Crippen molar-refractivity contribution in [3.63, 3.8) is 0 Å². The van der Waals surface area contributed by atoms with Crippen molar-refractivity contribution in [3.05, 3.63) is 65.9 Å². The third-order valence-corrected chi connectivity index (χ3v) is 5.08. The van der Waals surface area contributed by atoms with E-state index in [0.29, 0.717) is 18.1 Å². The van der Waals surface area contributed by atoms with Crippen LogP contribution in [-0.2, 0) is 22.7 Å². The average Bonchev–Trinajstić information content (AvgIpc) is 3.26. The summed E-state index contributed by atoms with van der Waals surface area (Å²) in [6, 6.07) is 15.4. The number of hydrogen-bond donors (Lipinski definition) is 2. The number of rotatable bonds is 6. The van der Waals surface area contributed by atoms with Crippen molar-refractivity contribution < 1.29 is 9.59 Å². The average molecular weight is 409 g/mol. The predicted molar refractivity (Wildman–Crippen MR) is 116 cm³/mol. The van der Waals surface area contributed by atoms with Gasteiger partial charge in [0.25, 0.3) is 0 Å². The maximum Gasteiger partial charge on any atom is 0.240 e. The Morgan fingerprint density at radius 1 is 1.00 bits per heavy atom. The molecule has 0 radical (unpaired) electrons. The van der Waals surface area contributed by atoms with Gasteiger partial charge in [-0.05, 0) is 41.8 Å². The smallest absolute Gasteiger partial charge is 0.240 e. The van der Waals surface area contributed by atoms with Crippen LogP contribution < -0.4 is 10.6 Å². The quantitative estimate of drug-likeness (QED) is 0.506. The molecule has 0 aliphatic rings. The molecule has 29 heavy (non-hydrogen) atoms. The molecule has 0 unspecified atom stereocenters. The third kappa shape index (κ3) is 4.12. The predicted octanol–water partition coefficient (Wildman–Crippen LogP) is 4.02. The molecule has 0 atom stereocenters. The maximum atomic E-state index is 12.4. The fourth-order valence-corrected chi connectivity index (χ4v) is 3.70. The van der Waals surface area contributed by atoms with E-state index in [4.69, 9.17) is 11.6 Å². The summed E-state index contributed by atoms with van der Waals surface area (Å²) >= 11 is 6.09. The molecule has 0 aliphatic carbocycles. The number of carbonyl (C=O) groups is 2. The molecule has 0 saturated heterocycles. The van der Waals surface area contributed by atoms with Crippen molar-refractivity contribution in [1.29, 1.82) is 0 Å². The summed E-state index contributed by atoms with van der Waals surface area (Å²) in [4.78, 5) is 23.8. The van der Waals surface area contributed by atoms with Crippen LogP contribution in [0.2, 0.25) is 5.02 Å². The second-order valence-corrected chi connectivity index (χ2v) is 7.36. The van der Waals surface area contributed by atoms with E-state index in [-0.39, 0.29) is 18.4 Å². The summed E-state index contributed by atoms with van der Waals surface area (Å²) < 4.78 is 3.95. The van der Waals surface area contributed by atoms with Crippen LogP contribution in [-0.4, -0.2) is 27.5 Å². The molecule has 2 aromatic heterocycles. The fraction of sp³-hybridized carbons (Fsp3) is 0.182. The molecule has 0 fully saturated rings. The van der Waals surface area contributed by atoms with E-state index in [1.807, 2.05) is 65.5 Å². The Bertz CT molecular complexity index is 1210. The van der Waals surface area contributed by atoms with Crippen LogP contribution in [0.15, 0.2) is 60.9 Å². The number of hydrogen-bond acceptors (Lipinski definition) is 2. The van der Waals surface area contributed by atoms with Gasteiger partial charge in [-0.1, -0.05) is 23.7 Å². The molecular formula is C22H21ClN4O2. The van der Waals surface area contributed by atoms with E-state index in [0.717, 1.165) is 27.5 Å². The summed E-state index contributed by atoms with van der Waals surface area (Å²) in [6.45, 7) is 2.87. The van der Waals surface area contributed by atoms with Crippen LogP contribution in [0.1, 0.15) is 6.92 Å². The highest BCUT2D eigenvalue weighted by Gasteiger charge is 2.10. The van der Waals surface area contributed by atoms with Gasteiger partial charge in [-0.25, -0.2) is 0 Å². The molecule has 0 bridgehead atoms. The van der Waals surface area contributed by atoms with Gasteiger partial charge in [-0.2, -0.15) is 0 Å². The van der Waals surface area contributed by atoms with Gasteiger partial charge in [0.05, 0.1) is 11.2 Å². The highest BCUT2D eigenvalue weighted by Crippen LogP contribution is 2.24. The molecular weight excluding hydrogens is 388 g/mol. The first-order valence-electron chi connectivity index (χ1n) is 9.38. The number of halogens is 1. The number of benzene rings is 2. The lowest BCUT2D eigenvalue weighted by atomic mass is 10.2. The van der Waals surface area contributed by atoms with Crippen molar-refractivity contribution in [2.24, 2.45) is 0 Å². The Hall–Kier alpha value is -3.25. The van der Waals surface area contributed by atoms with Crippen LogP contribution in [0.25, 0.3) is 21.8 Å². The standard InChI is InChI=1S/C22H21ClN4O2/c1-15(28)25-19-3-2-4-20-18(19)8-11-27(20)14-22(29)24-9-12-26-10-7-16-5-6-17(23)13-21(16)26/h2-8,10-11,13H,9,12,14H2,1H3,(H,24,29)(H,25,28). The van der Waals surface area contributed by atoms with Gasteiger partial charge in [-0.3, -0.25) is 9.59 Å². The van der Waals surface area contributed by atoms with Gasteiger partial charge in [-0.15, -0.1) is 0 Å². The number of anilines is 1. The van der Waals surface area contributed by atoms with Crippen LogP contribution in [0.4, 0.5) is 5.69 Å². The number of nitrogens with one attached hydrogen (secondary N) is 2. The molecule has 4 rings (SSSR count). The third-order valence-electron chi connectivity index (χ3n) is 4.85. The number of amides is 2. The molecule has 2 N–H and O–H groups in total. The van der Waals surface area contributed by atoms with Crippen LogP contribution in [0, 0.1) is 0 Å². The molecule has 2 amide bonds. The fourth-order valence-electron chi connectivity index (χ4n) is 3.54. The lowest BCUT2D eigenvalue weighted by Crippen LogP contribution is -2.30. The van der Waals surface area contributed by atoms with E-state index in [1.165, 1.54) is 6.92 Å². The summed E-state index contributed by atoms with van der Waals surface area (Å²) in [5, 5.41) is 8.51. The zero-order chi connectivity index (χ0) is 20.4. The van der Waals surface area contributed by atoms with Gasteiger partial charge in [0.15, 0.2) is 0 Å². The largest absolute Gasteiger partial charge is 0.353 e. The second-order valence-electron chi connectivity index (χ2n) is 6.93. The first-order chi connectivity index (χ1) is 14.0. The molecule has 2 aromatic carbocycles. The molecule has 0 spiro atoms. The minimum absolute atomic E-state index is 0.0677. The Labute approximate surface area is 173 Å². The van der Waals surface area contributed by atoms with Crippen molar-refractivity contribution in [2.75, 3.05) is 11.9 Å². The highest BCUT2D eigenvalue weighted by molar-refractivity contribution is 6.31. The van der Waals surface area contributed by atoms with Crippen molar-refractivity contribution in [1.82, 2.24) is 14.5 Å². The van der Waals surface area contributed by atoms with E-state index in [1.54, 1.807) is 0 Å². The van der Waals surface area contributed by atoms with Crippen LogP contribution >= 0.6 is 11.6 Å². The van der Waals surface area contributed by atoms with E-state index >= 15 is 0 Å².